The summed E-state index contributed by atoms with van der Waals surface area (Å²) < 4.78 is 0. The van der Waals surface area contributed by atoms with Gasteiger partial charge in [0, 0.05) is 11.4 Å². The lowest BCUT2D eigenvalue weighted by Crippen LogP contribution is -2.14. The molecule has 0 saturated heterocycles. The molecule has 2 heteroatoms. The quantitative estimate of drug-likeness (QED) is 0.430. The summed E-state index contributed by atoms with van der Waals surface area (Å²) in [6.07, 6.45) is 7.55. The van der Waals surface area contributed by atoms with E-state index in [2.05, 4.69) is 13.2 Å². The van der Waals surface area contributed by atoms with E-state index in [1.165, 1.54) is 0 Å². The van der Waals surface area contributed by atoms with Crippen LogP contribution in [-0.2, 0) is 4.79 Å². The minimum atomic E-state index is 0.187. The molecule has 0 saturated carbocycles. The van der Waals surface area contributed by atoms with Gasteiger partial charge in [-0.1, -0.05) is 35.9 Å². The Bertz CT molecular complexity index is 447. The van der Waals surface area contributed by atoms with Crippen LogP contribution in [0.4, 0.5) is 0 Å². The highest BCUT2D eigenvalue weighted by atomic mass is 35.5. The predicted octanol–water partition coefficient (Wildman–Crippen LogP) is 5.56. The molecule has 0 unspecified atom stereocenters. The number of rotatable bonds is 9. The highest BCUT2D eigenvalue weighted by molar-refractivity contribution is 6.30. The Morgan fingerprint density at radius 3 is 2.45 bits per heavy atom. The summed E-state index contributed by atoms with van der Waals surface area (Å²) in [5.41, 5.74) is 1.16. The van der Waals surface area contributed by atoms with Crippen molar-refractivity contribution < 1.29 is 4.79 Å². The van der Waals surface area contributed by atoms with E-state index in [0.29, 0.717) is 12.3 Å². The summed E-state index contributed by atoms with van der Waals surface area (Å²) in [5.74, 6) is 0.702. The van der Waals surface area contributed by atoms with Gasteiger partial charge < -0.3 is 4.79 Å². The Kier molecular flexibility index (Phi) is 7.32. The van der Waals surface area contributed by atoms with Crippen LogP contribution in [-0.4, -0.2) is 5.78 Å². The number of Topliss-reactive ketones (excluding diaryl/α,β-unsaturated/α-hetero) is 1. The number of benzene rings is 1. The molecule has 0 spiro atoms. The summed E-state index contributed by atoms with van der Waals surface area (Å²) in [5, 5.41) is 0.720. The predicted molar refractivity (Wildman–Crippen MR) is 87.2 cm³/mol. The third-order valence-corrected chi connectivity index (χ3v) is 3.82. The summed E-state index contributed by atoms with van der Waals surface area (Å²) >= 11 is 5.94. The first-order valence-corrected chi connectivity index (χ1v) is 7.44. The fraction of sp³-hybridized carbons (Fsp3) is 0.389. The molecule has 0 aliphatic carbocycles. The number of hydrogen-bond acceptors (Lipinski definition) is 1. The van der Waals surface area contributed by atoms with Crippen molar-refractivity contribution in [3.63, 3.8) is 0 Å². The third-order valence-electron chi connectivity index (χ3n) is 3.57. The monoisotopic (exact) mass is 290 g/mol. The van der Waals surface area contributed by atoms with E-state index in [0.717, 1.165) is 29.8 Å². The van der Waals surface area contributed by atoms with Crippen LogP contribution in [0.25, 0.3) is 0 Å². The molecule has 1 aromatic carbocycles. The van der Waals surface area contributed by atoms with Gasteiger partial charge >= 0.3 is 0 Å². The first-order chi connectivity index (χ1) is 9.58. The average molecular weight is 291 g/mol. The van der Waals surface area contributed by atoms with Crippen LogP contribution in [0, 0.1) is 5.92 Å². The van der Waals surface area contributed by atoms with Gasteiger partial charge in [0.15, 0.2) is 0 Å². The van der Waals surface area contributed by atoms with Crippen LogP contribution in [0.5, 0.6) is 0 Å². The third kappa shape index (κ3) is 5.34. The van der Waals surface area contributed by atoms with E-state index in [1.54, 1.807) is 6.92 Å². The van der Waals surface area contributed by atoms with E-state index in [4.69, 9.17) is 11.6 Å². The molecule has 0 fully saturated rings. The Labute approximate surface area is 127 Å². The highest BCUT2D eigenvalue weighted by Gasteiger charge is 2.22. The molecule has 0 aliphatic rings. The number of allylic oxidation sites excluding steroid dienone is 2. The van der Waals surface area contributed by atoms with Crippen molar-refractivity contribution >= 4 is 17.4 Å². The molecule has 1 rings (SSSR count). The molecule has 108 valence electrons. The number of carbonyl (C=O) groups excluding carboxylic acids is 1. The second-order valence-corrected chi connectivity index (χ2v) is 5.62. The van der Waals surface area contributed by atoms with Gasteiger partial charge in [-0.2, -0.15) is 0 Å². The SMILES string of the molecule is C=CCCC[C@@H](C=C)[C@H](CC(C)=O)c1ccc(Cl)cc1. The Morgan fingerprint density at radius 1 is 1.30 bits per heavy atom. The molecule has 20 heavy (non-hydrogen) atoms. The topological polar surface area (TPSA) is 17.1 Å². The maximum Gasteiger partial charge on any atom is 0.130 e. The number of hydrogen-bond donors (Lipinski definition) is 0. The Hall–Kier alpha value is -1.34. The van der Waals surface area contributed by atoms with Gasteiger partial charge in [0.2, 0.25) is 0 Å². The molecule has 0 amide bonds. The molecule has 1 nitrogen and oxygen atoms in total. The van der Waals surface area contributed by atoms with Crippen LogP contribution in [0.2, 0.25) is 5.02 Å². The second-order valence-electron chi connectivity index (χ2n) is 5.18. The molecule has 0 aromatic heterocycles. The first kappa shape index (κ1) is 16.7. The first-order valence-electron chi connectivity index (χ1n) is 7.06. The lowest BCUT2D eigenvalue weighted by Gasteiger charge is -2.24. The maximum absolute atomic E-state index is 11.6. The van der Waals surface area contributed by atoms with Crippen LogP contribution < -0.4 is 0 Å². The van der Waals surface area contributed by atoms with Crippen molar-refractivity contribution in [1.82, 2.24) is 0 Å². The maximum atomic E-state index is 11.6. The molecular weight excluding hydrogens is 268 g/mol. The van der Waals surface area contributed by atoms with Crippen molar-refractivity contribution in [2.75, 3.05) is 0 Å². The average Bonchev–Trinajstić information content (AvgIpc) is 2.42. The summed E-state index contributed by atoms with van der Waals surface area (Å²) in [4.78, 5) is 11.6. The van der Waals surface area contributed by atoms with Gasteiger partial charge in [-0.15, -0.1) is 13.2 Å². The molecule has 0 aliphatic heterocycles. The minimum absolute atomic E-state index is 0.187. The zero-order chi connectivity index (χ0) is 15.0. The Morgan fingerprint density at radius 2 is 1.95 bits per heavy atom. The van der Waals surface area contributed by atoms with Gasteiger partial charge in [-0.05, 0) is 55.7 Å². The van der Waals surface area contributed by atoms with Gasteiger partial charge in [-0.3, -0.25) is 0 Å². The Balaban J connectivity index is 2.90. The van der Waals surface area contributed by atoms with Gasteiger partial charge in [0.1, 0.15) is 5.78 Å². The van der Waals surface area contributed by atoms with Gasteiger partial charge in [-0.25, -0.2) is 0 Å². The van der Waals surface area contributed by atoms with Crippen molar-refractivity contribution in [1.29, 1.82) is 0 Å². The standard InChI is InChI=1S/C18H23ClO/c1-4-6-7-8-15(5-2)18(13-14(3)20)16-9-11-17(19)12-10-16/h4-5,9-12,15,18H,1-2,6-8,13H2,3H3/t15-,18+/m1/s1. The summed E-state index contributed by atoms with van der Waals surface area (Å²) in [7, 11) is 0. The van der Waals surface area contributed by atoms with E-state index in [1.807, 2.05) is 36.4 Å². The molecular formula is C18H23ClO. The molecule has 2 atom stereocenters. The number of unbranched alkanes of at least 4 members (excludes halogenated alkanes) is 1. The van der Waals surface area contributed by atoms with Crippen LogP contribution in [0.3, 0.4) is 0 Å². The fourth-order valence-electron chi connectivity index (χ4n) is 2.52. The van der Waals surface area contributed by atoms with E-state index < -0.39 is 0 Å². The van der Waals surface area contributed by atoms with Crippen LogP contribution in [0.15, 0.2) is 49.6 Å². The second kappa shape index (κ2) is 8.76. The van der Waals surface area contributed by atoms with Crippen molar-refractivity contribution in [3.8, 4) is 0 Å². The normalized spacial score (nSPS) is 13.5. The van der Waals surface area contributed by atoms with Crippen molar-refractivity contribution in [3.05, 3.63) is 60.2 Å². The van der Waals surface area contributed by atoms with Crippen LogP contribution in [0.1, 0.15) is 44.1 Å². The van der Waals surface area contributed by atoms with E-state index in [9.17, 15) is 4.79 Å². The lowest BCUT2D eigenvalue weighted by atomic mass is 9.80. The number of halogens is 1. The molecule has 0 radical (unpaired) electrons. The number of carbonyl (C=O) groups is 1. The molecule has 0 heterocycles. The summed E-state index contributed by atoms with van der Waals surface area (Å²) in [6.45, 7) is 9.34. The zero-order valence-corrected chi connectivity index (χ0v) is 12.9. The van der Waals surface area contributed by atoms with Crippen LogP contribution >= 0.6 is 11.6 Å². The minimum Gasteiger partial charge on any atom is -0.300 e. The molecule has 0 bridgehead atoms. The van der Waals surface area contributed by atoms with Crippen molar-refractivity contribution in [2.45, 2.75) is 38.5 Å². The lowest BCUT2D eigenvalue weighted by molar-refractivity contribution is -0.117. The zero-order valence-electron chi connectivity index (χ0n) is 12.1. The van der Waals surface area contributed by atoms with Gasteiger partial charge in [0.05, 0.1) is 0 Å². The van der Waals surface area contributed by atoms with E-state index in [-0.39, 0.29) is 11.7 Å². The largest absolute Gasteiger partial charge is 0.300 e. The smallest absolute Gasteiger partial charge is 0.130 e. The molecule has 0 N–H and O–H groups in total. The molecule has 1 aromatic rings. The van der Waals surface area contributed by atoms with E-state index >= 15 is 0 Å². The summed E-state index contributed by atoms with van der Waals surface area (Å²) in [6, 6.07) is 7.79. The number of ketones is 1. The fourth-order valence-corrected chi connectivity index (χ4v) is 2.64. The highest BCUT2D eigenvalue weighted by Crippen LogP contribution is 2.33. The van der Waals surface area contributed by atoms with Gasteiger partial charge in [0.25, 0.3) is 0 Å². The van der Waals surface area contributed by atoms with Crippen molar-refractivity contribution in [2.24, 2.45) is 5.92 Å².